The van der Waals surface area contributed by atoms with Gasteiger partial charge in [0.25, 0.3) is 0 Å². The van der Waals surface area contributed by atoms with Gasteiger partial charge in [0.2, 0.25) is 0 Å². The molecule has 0 spiro atoms. The van der Waals surface area contributed by atoms with E-state index in [0.717, 1.165) is 11.4 Å². The van der Waals surface area contributed by atoms with Crippen LogP contribution in [0.2, 0.25) is 0 Å². The average molecular weight is 354 g/mol. The Kier molecular flexibility index (Phi) is 5.04. The normalized spacial score (nSPS) is 11.3. The zero-order valence-electron chi connectivity index (χ0n) is 14.3. The van der Waals surface area contributed by atoms with Crippen molar-refractivity contribution in [1.82, 2.24) is 4.98 Å². The van der Waals surface area contributed by atoms with Crippen LogP contribution in [0.1, 0.15) is 5.69 Å². The van der Waals surface area contributed by atoms with Crippen LogP contribution in [0.3, 0.4) is 0 Å². The minimum absolute atomic E-state index is 0.660. The van der Waals surface area contributed by atoms with E-state index in [-0.39, 0.29) is 0 Å². The van der Waals surface area contributed by atoms with E-state index in [1.54, 1.807) is 0 Å². The molecule has 0 saturated heterocycles. The molecule has 0 saturated carbocycles. The molecule has 3 aromatic carbocycles. The third-order valence-corrected chi connectivity index (χ3v) is 6.61. The molecule has 1 N–H and O–H groups in total. The molecule has 0 aliphatic heterocycles. The van der Waals surface area contributed by atoms with Crippen LogP contribution in [-0.2, 0) is 0 Å². The Morgan fingerprint density at radius 3 is 1.88 bits per heavy atom. The highest BCUT2D eigenvalue weighted by Crippen LogP contribution is 2.36. The molecule has 0 fully saturated rings. The Bertz CT molecular complexity index is 938. The van der Waals surface area contributed by atoms with Gasteiger partial charge >= 0.3 is 0 Å². The van der Waals surface area contributed by atoms with Gasteiger partial charge in [0, 0.05) is 11.5 Å². The number of para-hydroxylation sites is 1. The third kappa shape index (κ3) is 3.66. The van der Waals surface area contributed by atoms with Gasteiger partial charge in [-0.3, -0.25) is 4.99 Å². The van der Waals surface area contributed by atoms with E-state index < -0.39 is 7.92 Å². The van der Waals surface area contributed by atoms with Crippen molar-refractivity contribution >= 4 is 35.7 Å². The maximum Gasteiger partial charge on any atom is 0.0713 e. The van der Waals surface area contributed by atoms with Crippen LogP contribution in [0.25, 0.3) is 0 Å². The lowest BCUT2D eigenvalue weighted by atomic mass is 10.3. The van der Waals surface area contributed by atoms with E-state index in [1.807, 2.05) is 30.6 Å². The smallest absolute Gasteiger partial charge is 0.0713 e. The number of rotatable bonds is 5. The van der Waals surface area contributed by atoms with Gasteiger partial charge in [-0.1, -0.05) is 78.9 Å². The predicted octanol–water partition coefficient (Wildman–Crippen LogP) is 4.52. The Morgan fingerprint density at radius 2 is 1.27 bits per heavy atom. The molecule has 126 valence electrons. The molecule has 4 rings (SSSR count). The van der Waals surface area contributed by atoms with E-state index in [1.165, 1.54) is 15.9 Å². The van der Waals surface area contributed by atoms with E-state index in [2.05, 4.69) is 83.8 Å². The lowest BCUT2D eigenvalue weighted by molar-refractivity contribution is 1.38. The van der Waals surface area contributed by atoms with Crippen molar-refractivity contribution in [2.75, 3.05) is 0 Å². The zero-order valence-corrected chi connectivity index (χ0v) is 15.2. The highest BCUT2D eigenvalue weighted by atomic mass is 31.1. The van der Waals surface area contributed by atoms with Crippen molar-refractivity contribution in [1.29, 1.82) is 0 Å². The molecule has 4 aromatic rings. The first-order valence-electron chi connectivity index (χ1n) is 8.58. The minimum Gasteiger partial charge on any atom is -0.360 e. The van der Waals surface area contributed by atoms with Gasteiger partial charge in [0.05, 0.1) is 17.6 Å². The zero-order chi connectivity index (χ0) is 17.6. The number of nitrogens with zero attached hydrogens (tertiary/aromatic N) is 1. The van der Waals surface area contributed by atoms with Gasteiger partial charge in [-0.2, -0.15) is 0 Å². The molecular formula is C23H19N2P. The summed E-state index contributed by atoms with van der Waals surface area (Å²) in [5.41, 5.74) is 2.02. The van der Waals surface area contributed by atoms with Gasteiger partial charge < -0.3 is 4.98 Å². The standard InChI is InChI=1S/C23H19N2P/c1-3-11-20(12-4-1)26(21-13-5-2-6-14-21)23-16-8-7-15-22(23)25-18-19-10-9-17-24-19/h1-18,24H. The van der Waals surface area contributed by atoms with Crippen molar-refractivity contribution in [3.63, 3.8) is 0 Å². The maximum atomic E-state index is 4.78. The van der Waals surface area contributed by atoms with Crippen LogP contribution < -0.4 is 15.9 Å². The molecule has 0 aliphatic rings. The average Bonchev–Trinajstić information content (AvgIpc) is 3.23. The summed E-state index contributed by atoms with van der Waals surface area (Å²) in [5.74, 6) is 0. The van der Waals surface area contributed by atoms with Gasteiger partial charge in [-0.15, -0.1) is 0 Å². The quantitative estimate of drug-likeness (QED) is 0.403. The summed E-state index contributed by atoms with van der Waals surface area (Å²) < 4.78 is 0. The summed E-state index contributed by atoms with van der Waals surface area (Å²) in [4.78, 5) is 7.96. The van der Waals surface area contributed by atoms with E-state index in [0.29, 0.717) is 0 Å². The molecular weight excluding hydrogens is 335 g/mol. The lowest BCUT2D eigenvalue weighted by Gasteiger charge is -2.20. The van der Waals surface area contributed by atoms with Crippen LogP contribution in [0.4, 0.5) is 5.69 Å². The van der Waals surface area contributed by atoms with Crippen molar-refractivity contribution in [3.05, 3.63) is 109 Å². The second-order valence-electron chi connectivity index (χ2n) is 5.88. The SMILES string of the molecule is C(=Nc1ccccc1P(c1ccccc1)c1ccccc1)c1ccc[nH]1. The van der Waals surface area contributed by atoms with E-state index in [9.17, 15) is 0 Å². The van der Waals surface area contributed by atoms with Crippen LogP contribution in [0, 0.1) is 0 Å². The second kappa shape index (κ2) is 7.95. The molecule has 0 radical (unpaired) electrons. The maximum absolute atomic E-state index is 4.78. The summed E-state index contributed by atoms with van der Waals surface area (Å²) in [5, 5.41) is 3.93. The van der Waals surface area contributed by atoms with Gasteiger partial charge in [-0.25, -0.2) is 0 Å². The Hall–Kier alpha value is -2.96. The first-order valence-corrected chi connectivity index (χ1v) is 9.93. The lowest BCUT2D eigenvalue weighted by Crippen LogP contribution is -2.20. The van der Waals surface area contributed by atoms with Crippen LogP contribution in [0.5, 0.6) is 0 Å². The first-order chi connectivity index (χ1) is 12.9. The fraction of sp³-hybridized carbons (Fsp3) is 0. The summed E-state index contributed by atoms with van der Waals surface area (Å²) in [6.45, 7) is 0. The molecule has 0 unspecified atom stereocenters. The number of aromatic amines is 1. The predicted molar refractivity (Wildman–Crippen MR) is 113 cm³/mol. The number of hydrogen-bond donors (Lipinski definition) is 1. The number of nitrogens with one attached hydrogen (secondary N) is 1. The van der Waals surface area contributed by atoms with Crippen molar-refractivity contribution in [2.45, 2.75) is 0 Å². The highest BCUT2D eigenvalue weighted by molar-refractivity contribution is 7.80. The van der Waals surface area contributed by atoms with E-state index >= 15 is 0 Å². The number of H-pyrrole nitrogens is 1. The van der Waals surface area contributed by atoms with Crippen molar-refractivity contribution in [2.24, 2.45) is 4.99 Å². The van der Waals surface area contributed by atoms with Gasteiger partial charge in [0.15, 0.2) is 0 Å². The monoisotopic (exact) mass is 354 g/mol. The molecule has 0 amide bonds. The first kappa shape index (κ1) is 16.5. The van der Waals surface area contributed by atoms with Crippen molar-refractivity contribution < 1.29 is 0 Å². The second-order valence-corrected chi connectivity index (χ2v) is 8.06. The number of aliphatic imine (C=N–C) groups is 1. The molecule has 0 bridgehead atoms. The summed E-state index contributed by atoms with van der Waals surface area (Å²) >= 11 is 0. The summed E-state index contributed by atoms with van der Waals surface area (Å²) in [6.07, 6.45) is 3.80. The number of benzene rings is 3. The fourth-order valence-electron chi connectivity index (χ4n) is 2.91. The fourth-order valence-corrected chi connectivity index (χ4v) is 5.30. The highest BCUT2D eigenvalue weighted by Gasteiger charge is 2.18. The molecule has 1 heterocycles. The van der Waals surface area contributed by atoms with Gasteiger partial charge in [-0.05, 0) is 36.7 Å². The molecule has 1 aromatic heterocycles. The van der Waals surface area contributed by atoms with Crippen LogP contribution >= 0.6 is 7.92 Å². The topological polar surface area (TPSA) is 28.1 Å². The number of aromatic nitrogens is 1. The van der Waals surface area contributed by atoms with E-state index in [4.69, 9.17) is 4.99 Å². The Labute approximate surface area is 155 Å². The van der Waals surface area contributed by atoms with Crippen LogP contribution in [0.15, 0.2) is 108 Å². The minimum atomic E-state index is -0.660. The molecule has 0 atom stereocenters. The third-order valence-electron chi connectivity index (χ3n) is 4.12. The Morgan fingerprint density at radius 1 is 0.654 bits per heavy atom. The van der Waals surface area contributed by atoms with Crippen molar-refractivity contribution in [3.8, 4) is 0 Å². The molecule has 0 aliphatic carbocycles. The van der Waals surface area contributed by atoms with Crippen LogP contribution in [-0.4, -0.2) is 11.2 Å². The Balaban J connectivity index is 1.82. The molecule has 2 nitrogen and oxygen atoms in total. The van der Waals surface area contributed by atoms with Gasteiger partial charge in [0.1, 0.15) is 0 Å². The molecule has 3 heteroatoms. The largest absolute Gasteiger partial charge is 0.360 e. The summed E-state index contributed by atoms with van der Waals surface area (Å²) in [6, 6.07) is 33.9. The summed E-state index contributed by atoms with van der Waals surface area (Å²) in [7, 11) is -0.660. The number of hydrogen-bond acceptors (Lipinski definition) is 1. The molecule has 26 heavy (non-hydrogen) atoms.